The molecule has 2 heterocycles. The molecule has 7 nitrogen and oxygen atoms in total. The van der Waals surface area contributed by atoms with Crippen molar-refractivity contribution in [3.8, 4) is 0 Å². The first kappa shape index (κ1) is 26.9. The standard InChI is InChI=1S/C24H39N5O2.HI/c1-3-26-24(29-12-10-21(16-29)18-31-4-2)27-14-19-7-5-8-20(13-19)15-28-11-6-9-22(17-28)23(25)30;/h5,7-8,13,21-22H,3-4,6,9-12,14-18H2,1-2H3,(H2,25,30)(H,26,27);1H. The first-order valence-corrected chi connectivity index (χ1v) is 11.8. The van der Waals surface area contributed by atoms with Crippen molar-refractivity contribution in [3.63, 3.8) is 0 Å². The smallest absolute Gasteiger partial charge is 0.221 e. The Kier molecular flexibility index (Phi) is 11.7. The van der Waals surface area contributed by atoms with Crippen LogP contribution in [0.15, 0.2) is 29.3 Å². The summed E-state index contributed by atoms with van der Waals surface area (Å²) in [5.41, 5.74) is 8.00. The van der Waals surface area contributed by atoms with Gasteiger partial charge in [-0.1, -0.05) is 24.3 Å². The molecule has 0 saturated carbocycles. The van der Waals surface area contributed by atoms with Crippen molar-refractivity contribution in [2.24, 2.45) is 22.6 Å². The highest BCUT2D eigenvalue weighted by Crippen LogP contribution is 2.20. The summed E-state index contributed by atoms with van der Waals surface area (Å²) in [6, 6.07) is 8.64. The number of guanidine groups is 1. The number of nitrogens with two attached hydrogens (primary N) is 1. The number of piperidine rings is 1. The molecular formula is C24H40IN5O2. The largest absolute Gasteiger partial charge is 0.381 e. The Balaban J connectivity index is 0.00000363. The number of hydrogen-bond donors (Lipinski definition) is 2. The molecule has 2 aliphatic heterocycles. The molecule has 32 heavy (non-hydrogen) atoms. The lowest BCUT2D eigenvalue weighted by Crippen LogP contribution is -2.40. The van der Waals surface area contributed by atoms with Crippen LogP contribution in [-0.4, -0.2) is 67.6 Å². The maximum atomic E-state index is 11.6. The summed E-state index contributed by atoms with van der Waals surface area (Å²) in [7, 11) is 0. The van der Waals surface area contributed by atoms with Gasteiger partial charge < -0.3 is 20.7 Å². The number of hydrogen-bond acceptors (Lipinski definition) is 4. The summed E-state index contributed by atoms with van der Waals surface area (Å²) in [6.07, 6.45) is 3.10. The second-order valence-corrected chi connectivity index (χ2v) is 8.73. The van der Waals surface area contributed by atoms with E-state index in [2.05, 4.69) is 46.3 Å². The molecule has 0 bridgehead atoms. The van der Waals surface area contributed by atoms with Gasteiger partial charge in [0, 0.05) is 45.2 Å². The van der Waals surface area contributed by atoms with E-state index < -0.39 is 0 Å². The number of ether oxygens (including phenoxy) is 1. The average Bonchev–Trinajstić information content (AvgIpc) is 3.24. The van der Waals surface area contributed by atoms with E-state index in [0.717, 1.165) is 77.7 Å². The summed E-state index contributed by atoms with van der Waals surface area (Å²) in [5.74, 6) is 1.39. The predicted octanol–water partition coefficient (Wildman–Crippen LogP) is 2.83. The molecule has 2 aliphatic rings. The Morgan fingerprint density at radius 3 is 2.78 bits per heavy atom. The Labute approximate surface area is 210 Å². The van der Waals surface area contributed by atoms with Crippen molar-refractivity contribution >= 4 is 35.8 Å². The van der Waals surface area contributed by atoms with E-state index in [1.807, 2.05) is 6.92 Å². The van der Waals surface area contributed by atoms with Gasteiger partial charge in [0.05, 0.1) is 19.1 Å². The van der Waals surface area contributed by atoms with Gasteiger partial charge in [-0.05, 0) is 50.8 Å². The van der Waals surface area contributed by atoms with Crippen molar-refractivity contribution < 1.29 is 9.53 Å². The van der Waals surface area contributed by atoms with Crippen molar-refractivity contribution in [1.29, 1.82) is 0 Å². The van der Waals surface area contributed by atoms with Gasteiger partial charge >= 0.3 is 0 Å². The molecule has 3 N–H and O–H groups in total. The van der Waals surface area contributed by atoms with Gasteiger partial charge in [-0.2, -0.15) is 0 Å². The van der Waals surface area contributed by atoms with Gasteiger partial charge in [0.1, 0.15) is 0 Å². The number of carbonyl (C=O) groups excluding carboxylic acids is 1. The molecule has 2 fully saturated rings. The van der Waals surface area contributed by atoms with Gasteiger partial charge in [0.15, 0.2) is 5.96 Å². The molecule has 0 aromatic heterocycles. The van der Waals surface area contributed by atoms with E-state index >= 15 is 0 Å². The molecule has 2 saturated heterocycles. The molecule has 1 aromatic carbocycles. The number of carbonyl (C=O) groups is 1. The van der Waals surface area contributed by atoms with Crippen LogP contribution < -0.4 is 11.1 Å². The van der Waals surface area contributed by atoms with Gasteiger partial charge in [-0.25, -0.2) is 4.99 Å². The number of amides is 1. The Morgan fingerprint density at radius 2 is 2.03 bits per heavy atom. The minimum absolute atomic E-state index is 0. The van der Waals surface area contributed by atoms with E-state index in [-0.39, 0.29) is 35.8 Å². The SMILES string of the molecule is CCNC(=NCc1cccc(CN2CCCC(C(N)=O)C2)c1)N1CCC(COCC)C1.I. The average molecular weight is 558 g/mol. The summed E-state index contributed by atoms with van der Waals surface area (Å²) < 4.78 is 5.61. The van der Waals surface area contributed by atoms with Crippen LogP contribution >= 0.6 is 24.0 Å². The van der Waals surface area contributed by atoms with Crippen LogP contribution in [0.3, 0.4) is 0 Å². The molecule has 0 aliphatic carbocycles. The number of nitrogens with zero attached hydrogens (tertiary/aromatic N) is 3. The Morgan fingerprint density at radius 1 is 1.22 bits per heavy atom. The first-order chi connectivity index (χ1) is 15.1. The van der Waals surface area contributed by atoms with Crippen LogP contribution in [0.1, 0.15) is 44.2 Å². The number of nitrogens with one attached hydrogen (secondary N) is 1. The molecule has 1 aromatic rings. The van der Waals surface area contributed by atoms with Crippen LogP contribution in [0, 0.1) is 11.8 Å². The third-order valence-corrected chi connectivity index (χ3v) is 6.19. The van der Waals surface area contributed by atoms with Crippen LogP contribution in [0.4, 0.5) is 0 Å². The number of rotatable bonds is 9. The minimum Gasteiger partial charge on any atom is -0.381 e. The Bertz CT molecular complexity index is 745. The van der Waals surface area contributed by atoms with Crippen molar-refractivity contribution in [1.82, 2.24) is 15.1 Å². The fourth-order valence-electron chi connectivity index (χ4n) is 4.55. The van der Waals surface area contributed by atoms with Crippen molar-refractivity contribution in [2.45, 2.75) is 46.2 Å². The maximum absolute atomic E-state index is 11.6. The highest BCUT2D eigenvalue weighted by Gasteiger charge is 2.25. The second-order valence-electron chi connectivity index (χ2n) is 8.73. The lowest BCUT2D eigenvalue weighted by molar-refractivity contribution is -0.123. The predicted molar refractivity (Wildman–Crippen MR) is 140 cm³/mol. The number of primary amides is 1. The number of aliphatic imine (C=N–C) groups is 1. The zero-order valence-electron chi connectivity index (χ0n) is 19.6. The monoisotopic (exact) mass is 557 g/mol. The van der Waals surface area contributed by atoms with Crippen LogP contribution in [-0.2, 0) is 22.6 Å². The van der Waals surface area contributed by atoms with E-state index in [9.17, 15) is 4.79 Å². The Hall–Kier alpha value is -1.39. The molecule has 180 valence electrons. The first-order valence-electron chi connectivity index (χ1n) is 11.8. The molecule has 0 radical (unpaired) electrons. The number of benzene rings is 1. The lowest BCUT2D eigenvalue weighted by Gasteiger charge is -2.31. The molecular weight excluding hydrogens is 517 g/mol. The highest BCUT2D eigenvalue weighted by molar-refractivity contribution is 14.0. The van der Waals surface area contributed by atoms with Crippen LogP contribution in [0.2, 0.25) is 0 Å². The van der Waals surface area contributed by atoms with Crippen LogP contribution in [0.25, 0.3) is 0 Å². The second kappa shape index (κ2) is 14.0. The molecule has 0 spiro atoms. The topological polar surface area (TPSA) is 83.2 Å². The van der Waals surface area contributed by atoms with Gasteiger partial charge in [-0.15, -0.1) is 24.0 Å². The van der Waals surface area contributed by atoms with Crippen molar-refractivity contribution in [2.75, 3.05) is 45.9 Å². The van der Waals surface area contributed by atoms with E-state index in [1.165, 1.54) is 11.1 Å². The van der Waals surface area contributed by atoms with Gasteiger partial charge in [0.25, 0.3) is 0 Å². The summed E-state index contributed by atoms with van der Waals surface area (Å²) in [5, 5.41) is 3.45. The van der Waals surface area contributed by atoms with Gasteiger partial charge in [0.2, 0.25) is 5.91 Å². The summed E-state index contributed by atoms with van der Waals surface area (Å²) >= 11 is 0. The quantitative estimate of drug-likeness (QED) is 0.277. The van der Waals surface area contributed by atoms with E-state index in [4.69, 9.17) is 15.5 Å². The van der Waals surface area contributed by atoms with E-state index in [0.29, 0.717) is 12.5 Å². The zero-order chi connectivity index (χ0) is 22.1. The zero-order valence-corrected chi connectivity index (χ0v) is 21.9. The molecule has 3 rings (SSSR count). The molecule has 1 amide bonds. The summed E-state index contributed by atoms with van der Waals surface area (Å²) in [4.78, 5) is 21.2. The van der Waals surface area contributed by atoms with Crippen molar-refractivity contribution in [3.05, 3.63) is 35.4 Å². The molecule has 2 atom stereocenters. The normalized spacial score (nSPS) is 21.9. The minimum atomic E-state index is -0.172. The molecule has 2 unspecified atom stereocenters. The fourth-order valence-corrected chi connectivity index (χ4v) is 4.55. The van der Waals surface area contributed by atoms with Crippen LogP contribution in [0.5, 0.6) is 0 Å². The van der Waals surface area contributed by atoms with E-state index in [1.54, 1.807) is 0 Å². The number of likely N-dealkylation sites (tertiary alicyclic amines) is 2. The lowest BCUT2D eigenvalue weighted by atomic mass is 9.97. The van der Waals surface area contributed by atoms with Gasteiger partial charge in [-0.3, -0.25) is 9.69 Å². The third-order valence-electron chi connectivity index (χ3n) is 6.19. The molecule has 8 heteroatoms. The summed E-state index contributed by atoms with van der Waals surface area (Å²) in [6.45, 7) is 12.0. The fraction of sp³-hybridized carbons (Fsp3) is 0.667. The third kappa shape index (κ3) is 8.19. The maximum Gasteiger partial charge on any atom is 0.221 e. The number of halogens is 1. The highest BCUT2D eigenvalue weighted by atomic mass is 127.